The van der Waals surface area contributed by atoms with Crippen LogP contribution in [0.15, 0.2) is 42.6 Å². The van der Waals surface area contributed by atoms with Gasteiger partial charge in [0.1, 0.15) is 5.75 Å². The number of hydrogen-bond acceptors (Lipinski definition) is 3. The highest BCUT2D eigenvalue weighted by atomic mass is 16.5. The Balaban J connectivity index is 1.92. The smallest absolute Gasteiger partial charge is 0.255 e. The third-order valence-electron chi connectivity index (χ3n) is 3.73. The van der Waals surface area contributed by atoms with Gasteiger partial charge in [0.15, 0.2) is 5.65 Å². The number of carbonyl (C=O) groups is 1. The number of imidazole rings is 1. The molecule has 2 aromatic heterocycles. The summed E-state index contributed by atoms with van der Waals surface area (Å²) < 4.78 is 7.07. The minimum Gasteiger partial charge on any atom is -0.497 e. The number of amides is 1. The van der Waals surface area contributed by atoms with Crippen molar-refractivity contribution in [1.29, 1.82) is 0 Å². The average molecular weight is 295 g/mol. The monoisotopic (exact) mass is 295 g/mol. The van der Waals surface area contributed by atoms with Crippen molar-refractivity contribution < 1.29 is 9.53 Å². The zero-order valence-corrected chi connectivity index (χ0v) is 12.8. The Morgan fingerprint density at radius 1 is 1.18 bits per heavy atom. The van der Waals surface area contributed by atoms with Crippen LogP contribution in [0.1, 0.15) is 21.7 Å². The molecule has 3 aromatic rings. The van der Waals surface area contributed by atoms with Gasteiger partial charge in [-0.15, -0.1) is 0 Å². The van der Waals surface area contributed by atoms with E-state index >= 15 is 0 Å². The van der Waals surface area contributed by atoms with Crippen LogP contribution in [0.5, 0.6) is 5.75 Å². The van der Waals surface area contributed by atoms with Crippen molar-refractivity contribution in [2.24, 2.45) is 0 Å². The summed E-state index contributed by atoms with van der Waals surface area (Å²) in [4.78, 5) is 16.9. The number of benzene rings is 1. The van der Waals surface area contributed by atoms with E-state index in [4.69, 9.17) is 4.74 Å². The maximum Gasteiger partial charge on any atom is 0.255 e. The number of carbonyl (C=O) groups excluding carboxylic acids is 1. The molecular formula is C17H17N3O2. The van der Waals surface area contributed by atoms with Crippen molar-refractivity contribution in [3.05, 3.63) is 59.5 Å². The molecule has 1 aromatic carbocycles. The number of aryl methyl sites for hydroxylation is 2. The van der Waals surface area contributed by atoms with Crippen molar-refractivity contribution in [2.45, 2.75) is 13.8 Å². The van der Waals surface area contributed by atoms with Crippen molar-refractivity contribution in [1.82, 2.24) is 9.38 Å². The summed E-state index contributed by atoms with van der Waals surface area (Å²) >= 11 is 0. The Hall–Kier alpha value is -2.82. The van der Waals surface area contributed by atoms with Crippen LogP contribution in [-0.2, 0) is 0 Å². The molecule has 0 aliphatic rings. The van der Waals surface area contributed by atoms with Gasteiger partial charge in [-0.1, -0.05) is 0 Å². The standard InChI is InChI=1S/C17H17N3O2/c1-11-12(2)20-10-4-5-15(16(20)18-11)19-17(21)13-6-8-14(22-3)9-7-13/h4-10H,1-3H3,(H,19,21). The molecule has 1 amide bonds. The minimum atomic E-state index is -0.172. The van der Waals surface area contributed by atoms with Gasteiger partial charge in [0.05, 0.1) is 18.5 Å². The lowest BCUT2D eigenvalue weighted by molar-refractivity contribution is 0.102. The summed E-state index contributed by atoms with van der Waals surface area (Å²) in [7, 11) is 1.60. The molecule has 0 saturated carbocycles. The first-order valence-corrected chi connectivity index (χ1v) is 7.00. The van der Waals surface area contributed by atoms with Gasteiger partial charge in [0.2, 0.25) is 0 Å². The Morgan fingerprint density at radius 3 is 2.59 bits per heavy atom. The number of ether oxygens (including phenoxy) is 1. The number of fused-ring (bicyclic) bond motifs is 1. The molecule has 2 heterocycles. The fourth-order valence-electron chi connectivity index (χ4n) is 2.33. The molecule has 0 fully saturated rings. The van der Waals surface area contributed by atoms with Crippen molar-refractivity contribution in [2.75, 3.05) is 12.4 Å². The third kappa shape index (κ3) is 2.41. The fourth-order valence-corrected chi connectivity index (χ4v) is 2.33. The first kappa shape index (κ1) is 14.1. The van der Waals surface area contributed by atoms with Crippen LogP contribution in [0.2, 0.25) is 0 Å². The van der Waals surface area contributed by atoms with Crippen LogP contribution >= 0.6 is 0 Å². The van der Waals surface area contributed by atoms with E-state index in [0.29, 0.717) is 11.3 Å². The SMILES string of the molecule is COc1ccc(C(=O)Nc2cccn3c(C)c(C)nc23)cc1. The van der Waals surface area contributed by atoms with Crippen LogP contribution in [0.3, 0.4) is 0 Å². The Bertz CT molecular complexity index is 835. The summed E-state index contributed by atoms with van der Waals surface area (Å²) in [6, 6.07) is 10.7. The number of aromatic nitrogens is 2. The number of methoxy groups -OCH3 is 1. The average Bonchev–Trinajstić information content (AvgIpc) is 2.84. The summed E-state index contributed by atoms with van der Waals surface area (Å²) in [5.74, 6) is 0.548. The maximum absolute atomic E-state index is 12.4. The zero-order valence-electron chi connectivity index (χ0n) is 12.8. The molecule has 0 spiro atoms. The first-order chi connectivity index (χ1) is 10.6. The largest absolute Gasteiger partial charge is 0.497 e. The maximum atomic E-state index is 12.4. The second-order valence-corrected chi connectivity index (χ2v) is 5.08. The van der Waals surface area contributed by atoms with Gasteiger partial charge in [0, 0.05) is 17.5 Å². The number of hydrogen-bond donors (Lipinski definition) is 1. The number of anilines is 1. The van der Waals surface area contributed by atoms with E-state index in [-0.39, 0.29) is 5.91 Å². The summed E-state index contributed by atoms with van der Waals surface area (Å²) in [6.45, 7) is 3.96. The number of nitrogens with zero attached hydrogens (tertiary/aromatic N) is 2. The second kappa shape index (κ2) is 5.52. The molecule has 22 heavy (non-hydrogen) atoms. The number of nitrogens with one attached hydrogen (secondary N) is 1. The van der Waals surface area contributed by atoms with Gasteiger partial charge >= 0.3 is 0 Å². The summed E-state index contributed by atoms with van der Waals surface area (Å²) in [5.41, 5.74) is 4.03. The van der Waals surface area contributed by atoms with Gasteiger partial charge in [-0.3, -0.25) is 4.79 Å². The Kier molecular flexibility index (Phi) is 3.55. The van der Waals surface area contributed by atoms with Crippen LogP contribution in [0.4, 0.5) is 5.69 Å². The second-order valence-electron chi connectivity index (χ2n) is 5.08. The molecule has 0 atom stereocenters. The molecule has 112 valence electrons. The van der Waals surface area contributed by atoms with E-state index in [1.807, 2.05) is 36.6 Å². The van der Waals surface area contributed by atoms with E-state index in [9.17, 15) is 4.79 Å². The highest BCUT2D eigenvalue weighted by molar-refractivity contribution is 6.06. The van der Waals surface area contributed by atoms with Gasteiger partial charge in [-0.2, -0.15) is 0 Å². The number of rotatable bonds is 3. The van der Waals surface area contributed by atoms with Crippen LogP contribution in [-0.4, -0.2) is 22.4 Å². The van der Waals surface area contributed by atoms with E-state index in [0.717, 1.165) is 22.8 Å². The predicted molar refractivity (Wildman–Crippen MR) is 85.6 cm³/mol. The molecule has 0 radical (unpaired) electrons. The quantitative estimate of drug-likeness (QED) is 0.807. The summed E-state index contributed by atoms with van der Waals surface area (Å²) in [6.07, 6.45) is 1.94. The highest BCUT2D eigenvalue weighted by Gasteiger charge is 2.12. The van der Waals surface area contributed by atoms with Crippen molar-refractivity contribution in [3.63, 3.8) is 0 Å². The highest BCUT2D eigenvalue weighted by Crippen LogP contribution is 2.20. The predicted octanol–water partition coefficient (Wildman–Crippen LogP) is 3.21. The molecule has 0 aliphatic carbocycles. The van der Waals surface area contributed by atoms with E-state index in [1.54, 1.807) is 31.4 Å². The first-order valence-electron chi connectivity index (χ1n) is 7.00. The molecule has 3 rings (SSSR count). The zero-order chi connectivity index (χ0) is 15.7. The van der Waals surface area contributed by atoms with Crippen molar-refractivity contribution >= 4 is 17.2 Å². The van der Waals surface area contributed by atoms with Gasteiger partial charge < -0.3 is 14.5 Å². The lowest BCUT2D eigenvalue weighted by Gasteiger charge is -2.07. The van der Waals surface area contributed by atoms with Crippen LogP contribution in [0, 0.1) is 13.8 Å². The van der Waals surface area contributed by atoms with Gasteiger partial charge in [-0.25, -0.2) is 4.98 Å². The van der Waals surface area contributed by atoms with E-state index in [1.165, 1.54) is 0 Å². The minimum absolute atomic E-state index is 0.172. The van der Waals surface area contributed by atoms with E-state index < -0.39 is 0 Å². The van der Waals surface area contributed by atoms with E-state index in [2.05, 4.69) is 10.3 Å². The Morgan fingerprint density at radius 2 is 1.91 bits per heavy atom. The molecule has 1 N–H and O–H groups in total. The topological polar surface area (TPSA) is 55.6 Å². The lowest BCUT2D eigenvalue weighted by Crippen LogP contribution is -2.12. The Labute approximate surface area is 128 Å². The normalized spacial score (nSPS) is 10.7. The molecule has 0 bridgehead atoms. The molecular weight excluding hydrogens is 278 g/mol. The molecule has 5 nitrogen and oxygen atoms in total. The van der Waals surface area contributed by atoms with Gasteiger partial charge in [0.25, 0.3) is 5.91 Å². The number of pyridine rings is 1. The fraction of sp³-hybridized carbons (Fsp3) is 0.176. The molecule has 5 heteroatoms. The molecule has 0 aliphatic heterocycles. The lowest BCUT2D eigenvalue weighted by atomic mass is 10.2. The summed E-state index contributed by atoms with van der Waals surface area (Å²) in [5, 5.41) is 2.92. The third-order valence-corrected chi connectivity index (χ3v) is 3.73. The van der Waals surface area contributed by atoms with Crippen molar-refractivity contribution in [3.8, 4) is 5.75 Å². The van der Waals surface area contributed by atoms with Crippen LogP contribution < -0.4 is 10.1 Å². The van der Waals surface area contributed by atoms with Crippen LogP contribution in [0.25, 0.3) is 5.65 Å². The van der Waals surface area contributed by atoms with Gasteiger partial charge in [-0.05, 0) is 50.2 Å². The molecule has 0 unspecified atom stereocenters. The molecule has 0 saturated heterocycles.